The number of phenolic OH excluding ortho intramolecular Hbond substituents is 1. The third-order valence-electron chi connectivity index (χ3n) is 4.00. The standard InChI is InChI=1S/C19H19NO6/c1-22-12-8-13(19(25-4)17(9-12)24-3)18-14(10-26-20-18)11-5-6-16(23-2)15(21)7-11/h5-10,21H,1-4H3. The van der Waals surface area contributed by atoms with Crippen molar-refractivity contribution >= 4 is 0 Å². The summed E-state index contributed by atoms with van der Waals surface area (Å²) in [6.07, 6.45) is 1.50. The lowest BCUT2D eigenvalue weighted by molar-refractivity contribution is 0.349. The first-order valence-corrected chi connectivity index (χ1v) is 7.75. The van der Waals surface area contributed by atoms with Gasteiger partial charge in [-0.05, 0) is 23.8 Å². The van der Waals surface area contributed by atoms with E-state index < -0.39 is 0 Å². The number of phenols is 1. The summed E-state index contributed by atoms with van der Waals surface area (Å²) >= 11 is 0. The first-order chi connectivity index (χ1) is 12.6. The number of ether oxygens (including phenoxy) is 4. The first-order valence-electron chi connectivity index (χ1n) is 7.75. The molecule has 0 spiro atoms. The minimum absolute atomic E-state index is 0.0207. The van der Waals surface area contributed by atoms with E-state index in [1.54, 1.807) is 51.7 Å². The number of methoxy groups -OCH3 is 4. The molecule has 0 saturated carbocycles. The van der Waals surface area contributed by atoms with E-state index in [0.29, 0.717) is 45.4 Å². The average Bonchev–Trinajstić information content (AvgIpc) is 3.16. The molecule has 0 saturated heterocycles. The van der Waals surface area contributed by atoms with Crippen LogP contribution in [-0.2, 0) is 0 Å². The summed E-state index contributed by atoms with van der Waals surface area (Å²) in [6.45, 7) is 0. The van der Waals surface area contributed by atoms with E-state index in [2.05, 4.69) is 5.16 Å². The second-order valence-electron chi connectivity index (χ2n) is 5.37. The Morgan fingerprint density at radius 3 is 2.23 bits per heavy atom. The molecule has 0 bridgehead atoms. The van der Waals surface area contributed by atoms with Crippen LogP contribution in [-0.4, -0.2) is 38.7 Å². The Balaban J connectivity index is 2.19. The lowest BCUT2D eigenvalue weighted by atomic mass is 10.00. The van der Waals surface area contributed by atoms with Gasteiger partial charge in [0.25, 0.3) is 0 Å². The SMILES string of the molecule is COc1cc(OC)c(OC)c(-c2nocc2-c2ccc(OC)c(O)c2)c1. The molecule has 3 rings (SSSR count). The molecule has 0 aliphatic carbocycles. The van der Waals surface area contributed by atoms with E-state index in [1.807, 2.05) is 0 Å². The zero-order chi connectivity index (χ0) is 18.7. The highest BCUT2D eigenvalue weighted by Crippen LogP contribution is 2.44. The Morgan fingerprint density at radius 1 is 0.846 bits per heavy atom. The summed E-state index contributed by atoms with van der Waals surface area (Å²) in [6, 6.07) is 8.56. The normalized spacial score (nSPS) is 10.5. The lowest BCUT2D eigenvalue weighted by Crippen LogP contribution is -1.96. The molecule has 0 amide bonds. The highest BCUT2D eigenvalue weighted by molar-refractivity contribution is 5.85. The Morgan fingerprint density at radius 2 is 1.62 bits per heavy atom. The van der Waals surface area contributed by atoms with E-state index in [4.69, 9.17) is 23.5 Å². The maximum Gasteiger partial charge on any atom is 0.170 e. The third kappa shape index (κ3) is 2.99. The molecule has 1 heterocycles. The van der Waals surface area contributed by atoms with Gasteiger partial charge in [-0.25, -0.2) is 0 Å². The van der Waals surface area contributed by atoms with E-state index in [1.165, 1.54) is 13.4 Å². The number of aromatic hydroxyl groups is 1. The maximum absolute atomic E-state index is 10.1. The van der Waals surface area contributed by atoms with Crippen LogP contribution in [0, 0.1) is 0 Å². The van der Waals surface area contributed by atoms with Gasteiger partial charge in [-0.15, -0.1) is 0 Å². The third-order valence-corrected chi connectivity index (χ3v) is 4.00. The predicted molar refractivity (Wildman–Crippen MR) is 95.2 cm³/mol. The van der Waals surface area contributed by atoms with Crippen molar-refractivity contribution < 1.29 is 28.6 Å². The van der Waals surface area contributed by atoms with Crippen molar-refractivity contribution in [2.75, 3.05) is 28.4 Å². The van der Waals surface area contributed by atoms with Gasteiger partial charge in [-0.3, -0.25) is 0 Å². The second-order valence-corrected chi connectivity index (χ2v) is 5.37. The first kappa shape index (κ1) is 17.5. The van der Waals surface area contributed by atoms with Gasteiger partial charge < -0.3 is 28.6 Å². The summed E-state index contributed by atoms with van der Waals surface area (Å²) in [4.78, 5) is 0. The molecule has 0 unspecified atom stereocenters. The fourth-order valence-corrected chi connectivity index (χ4v) is 2.73. The minimum atomic E-state index is 0.0207. The van der Waals surface area contributed by atoms with Crippen molar-refractivity contribution in [2.45, 2.75) is 0 Å². The van der Waals surface area contributed by atoms with E-state index in [9.17, 15) is 5.11 Å². The number of aromatic nitrogens is 1. The molecule has 3 aromatic rings. The van der Waals surface area contributed by atoms with Crippen LogP contribution in [0.4, 0.5) is 0 Å². The second kappa shape index (κ2) is 7.26. The average molecular weight is 357 g/mol. The summed E-state index contributed by atoms with van der Waals surface area (Å²) < 4.78 is 26.5. The zero-order valence-corrected chi connectivity index (χ0v) is 14.9. The molecule has 1 N–H and O–H groups in total. The van der Waals surface area contributed by atoms with Crippen molar-refractivity contribution in [2.24, 2.45) is 0 Å². The minimum Gasteiger partial charge on any atom is -0.504 e. The van der Waals surface area contributed by atoms with Crippen LogP contribution >= 0.6 is 0 Å². The van der Waals surface area contributed by atoms with Crippen molar-refractivity contribution in [3.8, 4) is 51.1 Å². The van der Waals surface area contributed by atoms with Crippen molar-refractivity contribution in [1.29, 1.82) is 0 Å². The highest BCUT2D eigenvalue weighted by atomic mass is 16.5. The van der Waals surface area contributed by atoms with Crippen molar-refractivity contribution in [3.63, 3.8) is 0 Å². The monoisotopic (exact) mass is 357 g/mol. The summed E-state index contributed by atoms with van der Waals surface area (Å²) in [7, 11) is 6.16. The Hall–Kier alpha value is -3.35. The maximum atomic E-state index is 10.1. The molecule has 7 nitrogen and oxygen atoms in total. The fraction of sp³-hybridized carbons (Fsp3) is 0.211. The number of rotatable bonds is 6. The van der Waals surface area contributed by atoms with Gasteiger partial charge in [0.2, 0.25) is 0 Å². The largest absolute Gasteiger partial charge is 0.504 e. The molecule has 0 fully saturated rings. The molecule has 0 aliphatic rings. The van der Waals surface area contributed by atoms with Gasteiger partial charge in [0.1, 0.15) is 17.7 Å². The molecule has 7 heteroatoms. The number of hydrogen-bond donors (Lipinski definition) is 1. The van der Waals surface area contributed by atoms with Gasteiger partial charge in [0, 0.05) is 11.6 Å². The fourth-order valence-electron chi connectivity index (χ4n) is 2.73. The summed E-state index contributed by atoms with van der Waals surface area (Å²) in [5, 5.41) is 14.2. The van der Waals surface area contributed by atoms with Gasteiger partial charge in [-0.2, -0.15) is 0 Å². The number of nitrogens with zero attached hydrogens (tertiary/aromatic N) is 1. The van der Waals surface area contributed by atoms with Crippen LogP contribution < -0.4 is 18.9 Å². The van der Waals surface area contributed by atoms with Crippen molar-refractivity contribution in [1.82, 2.24) is 5.16 Å². The van der Waals surface area contributed by atoms with Crippen LogP contribution in [0.25, 0.3) is 22.4 Å². The summed E-state index contributed by atoms with van der Waals surface area (Å²) in [5.41, 5.74) is 2.56. The Bertz CT molecular complexity index is 918. The van der Waals surface area contributed by atoms with E-state index >= 15 is 0 Å². The zero-order valence-electron chi connectivity index (χ0n) is 14.9. The van der Waals surface area contributed by atoms with Crippen LogP contribution in [0.2, 0.25) is 0 Å². The van der Waals surface area contributed by atoms with Crippen molar-refractivity contribution in [3.05, 3.63) is 36.6 Å². The highest BCUT2D eigenvalue weighted by Gasteiger charge is 2.21. The van der Waals surface area contributed by atoms with Crippen LogP contribution in [0.3, 0.4) is 0 Å². The molecule has 136 valence electrons. The predicted octanol–water partition coefficient (Wildman–Crippen LogP) is 3.75. The van der Waals surface area contributed by atoms with Crippen LogP contribution in [0.1, 0.15) is 0 Å². The van der Waals surface area contributed by atoms with Gasteiger partial charge >= 0.3 is 0 Å². The Labute approximate surface area is 150 Å². The number of hydrogen-bond acceptors (Lipinski definition) is 7. The van der Waals surface area contributed by atoms with E-state index in [-0.39, 0.29) is 5.75 Å². The molecule has 1 aromatic heterocycles. The van der Waals surface area contributed by atoms with Gasteiger partial charge in [0.05, 0.1) is 34.0 Å². The molecule has 0 radical (unpaired) electrons. The molecule has 0 aliphatic heterocycles. The van der Waals surface area contributed by atoms with E-state index in [0.717, 1.165) is 0 Å². The quantitative estimate of drug-likeness (QED) is 0.719. The topological polar surface area (TPSA) is 83.2 Å². The van der Waals surface area contributed by atoms with Gasteiger partial charge in [-0.1, -0.05) is 11.2 Å². The molecule has 0 atom stereocenters. The Kier molecular flexibility index (Phi) is 4.88. The summed E-state index contributed by atoms with van der Waals surface area (Å²) in [5.74, 6) is 2.00. The molecule has 2 aromatic carbocycles. The molecular formula is C19H19NO6. The molecular weight excluding hydrogens is 338 g/mol. The molecule has 26 heavy (non-hydrogen) atoms. The lowest BCUT2D eigenvalue weighted by Gasteiger charge is -2.14. The van der Waals surface area contributed by atoms with Crippen LogP contribution in [0.15, 0.2) is 41.1 Å². The van der Waals surface area contributed by atoms with Crippen LogP contribution in [0.5, 0.6) is 28.7 Å². The van der Waals surface area contributed by atoms with Gasteiger partial charge in [0.15, 0.2) is 23.0 Å². The number of benzene rings is 2. The smallest absolute Gasteiger partial charge is 0.170 e.